The summed E-state index contributed by atoms with van der Waals surface area (Å²) in [6.07, 6.45) is 3.40. The van der Waals surface area contributed by atoms with Gasteiger partial charge in [-0.15, -0.1) is 11.6 Å². The number of hydrogen-bond acceptors (Lipinski definition) is 2. The van der Waals surface area contributed by atoms with E-state index in [2.05, 4.69) is 16.8 Å². The van der Waals surface area contributed by atoms with Crippen molar-refractivity contribution in [2.45, 2.75) is 6.42 Å². The van der Waals surface area contributed by atoms with Gasteiger partial charge in [-0.3, -0.25) is 4.98 Å². The first-order valence-electron chi connectivity index (χ1n) is 3.98. The molecule has 0 saturated carbocycles. The number of aromatic carboxylic acids is 1. The van der Waals surface area contributed by atoms with E-state index in [-0.39, 0.29) is 5.56 Å². The summed E-state index contributed by atoms with van der Waals surface area (Å²) < 4.78 is 0. The minimum absolute atomic E-state index is 0.169. The van der Waals surface area contributed by atoms with Crippen molar-refractivity contribution < 1.29 is 9.90 Å². The second-order valence-corrected chi connectivity index (χ2v) is 2.85. The number of carboxylic acid groups (broad SMARTS) is 1. The molecule has 0 radical (unpaired) electrons. The number of carbonyl (C=O) groups is 1. The number of aromatic nitrogens is 1. The van der Waals surface area contributed by atoms with Gasteiger partial charge < -0.3 is 5.11 Å². The molecule has 1 aromatic rings. The Balaban J connectivity index is 2.97. The molecule has 14 heavy (non-hydrogen) atoms. The second-order valence-electron chi connectivity index (χ2n) is 2.47. The molecule has 1 N–H and O–H groups in total. The molecule has 0 spiro atoms. The van der Waals surface area contributed by atoms with Gasteiger partial charge in [0.2, 0.25) is 0 Å². The van der Waals surface area contributed by atoms with Crippen LogP contribution in [0, 0.1) is 11.8 Å². The minimum Gasteiger partial charge on any atom is -0.478 e. The van der Waals surface area contributed by atoms with Gasteiger partial charge in [-0.1, -0.05) is 11.8 Å². The van der Waals surface area contributed by atoms with E-state index in [1.54, 1.807) is 0 Å². The van der Waals surface area contributed by atoms with Gasteiger partial charge in [0.1, 0.15) is 0 Å². The van der Waals surface area contributed by atoms with Crippen LogP contribution in [0.4, 0.5) is 0 Å². The van der Waals surface area contributed by atoms with Crippen molar-refractivity contribution in [3.63, 3.8) is 0 Å². The van der Waals surface area contributed by atoms with Crippen molar-refractivity contribution >= 4 is 17.6 Å². The number of nitrogens with zero attached hydrogens (tertiary/aromatic N) is 1. The summed E-state index contributed by atoms with van der Waals surface area (Å²) in [5.41, 5.74) is 0.590. The average molecular weight is 210 g/mol. The largest absolute Gasteiger partial charge is 0.478 e. The van der Waals surface area contributed by atoms with E-state index in [0.717, 1.165) is 0 Å². The molecule has 3 nitrogen and oxygen atoms in total. The Bertz CT molecular complexity index is 393. The summed E-state index contributed by atoms with van der Waals surface area (Å²) >= 11 is 5.44. The van der Waals surface area contributed by atoms with Crippen LogP contribution in [0.5, 0.6) is 0 Å². The van der Waals surface area contributed by atoms with Crippen LogP contribution in [0.2, 0.25) is 0 Å². The van der Waals surface area contributed by atoms with Crippen LogP contribution < -0.4 is 0 Å². The van der Waals surface area contributed by atoms with Crippen LogP contribution in [0.15, 0.2) is 18.5 Å². The Morgan fingerprint density at radius 3 is 3.07 bits per heavy atom. The quantitative estimate of drug-likeness (QED) is 0.597. The van der Waals surface area contributed by atoms with E-state index in [1.165, 1.54) is 18.5 Å². The monoisotopic (exact) mass is 209 g/mol. The number of carboxylic acids is 1. The lowest BCUT2D eigenvalue weighted by atomic mass is 10.1. The molecule has 1 heterocycles. The molecule has 0 fully saturated rings. The predicted molar refractivity (Wildman–Crippen MR) is 53.4 cm³/mol. The molecule has 0 atom stereocenters. The molecule has 0 aliphatic rings. The molecule has 1 rings (SSSR count). The fourth-order valence-electron chi connectivity index (χ4n) is 0.886. The van der Waals surface area contributed by atoms with Crippen molar-refractivity contribution in [2.75, 3.05) is 5.88 Å². The Labute approximate surface area is 86.7 Å². The lowest BCUT2D eigenvalue weighted by Gasteiger charge is -1.95. The Hall–Kier alpha value is -1.53. The summed E-state index contributed by atoms with van der Waals surface area (Å²) in [5.74, 6) is 4.92. The van der Waals surface area contributed by atoms with Gasteiger partial charge >= 0.3 is 5.97 Å². The van der Waals surface area contributed by atoms with Gasteiger partial charge in [-0.25, -0.2) is 4.79 Å². The molecule has 72 valence electrons. The smallest absolute Gasteiger partial charge is 0.337 e. The maximum Gasteiger partial charge on any atom is 0.337 e. The third kappa shape index (κ3) is 2.75. The van der Waals surface area contributed by atoms with Crippen molar-refractivity contribution in [3.8, 4) is 11.8 Å². The van der Waals surface area contributed by atoms with Gasteiger partial charge in [0.15, 0.2) is 0 Å². The summed E-state index contributed by atoms with van der Waals surface area (Å²) in [5, 5.41) is 8.80. The molecular formula is C10H8ClNO2. The first-order valence-corrected chi connectivity index (χ1v) is 4.51. The van der Waals surface area contributed by atoms with E-state index in [4.69, 9.17) is 16.7 Å². The maximum absolute atomic E-state index is 10.7. The highest BCUT2D eigenvalue weighted by molar-refractivity contribution is 6.18. The first-order chi connectivity index (χ1) is 6.75. The van der Waals surface area contributed by atoms with Gasteiger partial charge in [-0.2, -0.15) is 0 Å². The third-order valence-corrected chi connectivity index (χ3v) is 1.68. The number of halogens is 1. The first kappa shape index (κ1) is 10.6. The van der Waals surface area contributed by atoms with Gasteiger partial charge in [-0.05, 0) is 6.07 Å². The van der Waals surface area contributed by atoms with Crippen LogP contribution in [-0.2, 0) is 0 Å². The van der Waals surface area contributed by atoms with Gasteiger partial charge in [0, 0.05) is 24.7 Å². The second kappa shape index (κ2) is 5.25. The topological polar surface area (TPSA) is 50.2 Å². The molecule has 0 bridgehead atoms. The van der Waals surface area contributed by atoms with Crippen LogP contribution in [0.25, 0.3) is 0 Å². The Morgan fingerprint density at radius 2 is 2.43 bits per heavy atom. The highest BCUT2D eigenvalue weighted by Crippen LogP contribution is 2.04. The fourth-order valence-corrected chi connectivity index (χ4v) is 0.980. The third-order valence-electron chi connectivity index (χ3n) is 1.49. The lowest BCUT2D eigenvalue weighted by molar-refractivity contribution is 0.0696. The summed E-state index contributed by atoms with van der Waals surface area (Å²) in [6, 6.07) is 1.42. The zero-order valence-electron chi connectivity index (χ0n) is 7.33. The molecule has 0 saturated heterocycles. The van der Waals surface area contributed by atoms with Crippen LogP contribution in [0.3, 0.4) is 0 Å². The van der Waals surface area contributed by atoms with Crippen LogP contribution >= 0.6 is 11.6 Å². The summed E-state index contributed by atoms with van der Waals surface area (Å²) in [6.45, 7) is 0. The van der Waals surface area contributed by atoms with Crippen molar-refractivity contribution in [3.05, 3.63) is 29.6 Å². The standard InChI is InChI=1S/C10H8ClNO2/c11-5-2-1-3-8-7-12-6-4-9(8)10(13)14/h4,6-7H,2,5H2,(H,13,14). The molecule has 1 aromatic heterocycles. The normalized spacial score (nSPS) is 8.93. The number of alkyl halides is 1. The Morgan fingerprint density at radius 1 is 1.64 bits per heavy atom. The van der Waals surface area contributed by atoms with Gasteiger partial charge in [0.05, 0.1) is 11.1 Å². The minimum atomic E-state index is -0.998. The van der Waals surface area contributed by atoms with E-state index in [9.17, 15) is 4.79 Å². The van der Waals surface area contributed by atoms with Crippen molar-refractivity contribution in [1.29, 1.82) is 0 Å². The maximum atomic E-state index is 10.7. The van der Waals surface area contributed by atoms with Crippen LogP contribution in [-0.4, -0.2) is 21.9 Å². The van der Waals surface area contributed by atoms with E-state index in [1.807, 2.05) is 0 Å². The number of pyridine rings is 1. The van der Waals surface area contributed by atoms with Crippen molar-refractivity contribution in [2.24, 2.45) is 0 Å². The van der Waals surface area contributed by atoms with Gasteiger partial charge in [0.25, 0.3) is 0 Å². The van der Waals surface area contributed by atoms with E-state index < -0.39 is 5.97 Å². The zero-order valence-corrected chi connectivity index (χ0v) is 8.08. The number of rotatable bonds is 2. The highest BCUT2D eigenvalue weighted by Gasteiger charge is 2.06. The van der Waals surface area contributed by atoms with Crippen molar-refractivity contribution in [1.82, 2.24) is 4.98 Å². The molecule has 0 aliphatic carbocycles. The molecular weight excluding hydrogens is 202 g/mol. The van der Waals surface area contributed by atoms with E-state index in [0.29, 0.717) is 17.9 Å². The molecule has 0 amide bonds. The lowest BCUT2D eigenvalue weighted by Crippen LogP contribution is -2.00. The SMILES string of the molecule is O=C(O)c1ccncc1C#CCCCl. The summed E-state index contributed by atoms with van der Waals surface area (Å²) in [7, 11) is 0. The molecule has 0 aromatic carbocycles. The molecule has 0 unspecified atom stereocenters. The predicted octanol–water partition coefficient (Wildman–Crippen LogP) is 1.76. The molecule has 4 heteroatoms. The molecule has 0 aliphatic heterocycles. The van der Waals surface area contributed by atoms with Crippen LogP contribution in [0.1, 0.15) is 22.3 Å². The highest BCUT2D eigenvalue weighted by atomic mass is 35.5. The number of hydrogen-bond donors (Lipinski definition) is 1. The van der Waals surface area contributed by atoms with E-state index >= 15 is 0 Å². The zero-order chi connectivity index (χ0) is 10.4. The average Bonchev–Trinajstić information content (AvgIpc) is 2.19. The summed E-state index contributed by atoms with van der Waals surface area (Å²) in [4.78, 5) is 14.5. The fraction of sp³-hybridized carbons (Fsp3) is 0.200. The Kier molecular flexibility index (Phi) is 3.96.